The van der Waals surface area contributed by atoms with E-state index in [1.807, 2.05) is 18.2 Å². The van der Waals surface area contributed by atoms with Gasteiger partial charge < -0.3 is 5.73 Å². The predicted molar refractivity (Wildman–Crippen MR) is 71.7 cm³/mol. The van der Waals surface area contributed by atoms with E-state index in [1.54, 1.807) is 0 Å². The summed E-state index contributed by atoms with van der Waals surface area (Å²) in [6, 6.07) is 6.46. The highest BCUT2D eigenvalue weighted by molar-refractivity contribution is 6.33. The highest BCUT2D eigenvalue weighted by atomic mass is 35.5. The van der Waals surface area contributed by atoms with Gasteiger partial charge in [0.25, 0.3) is 0 Å². The smallest absolute Gasteiger partial charge is 0.0638 e. The molecule has 0 amide bonds. The number of halogens is 1. The maximum atomic E-state index is 5.99. The van der Waals surface area contributed by atoms with Gasteiger partial charge in [0.15, 0.2) is 0 Å². The first kappa shape index (κ1) is 13.3. The van der Waals surface area contributed by atoms with E-state index in [0.29, 0.717) is 16.8 Å². The molecule has 2 nitrogen and oxygen atoms in total. The maximum absolute atomic E-state index is 5.99. The molecule has 0 aliphatic carbocycles. The van der Waals surface area contributed by atoms with E-state index in [9.17, 15) is 0 Å². The Morgan fingerprint density at radius 2 is 2.12 bits per heavy atom. The molecule has 1 aromatic carbocycles. The molecule has 1 rings (SSSR count). The molecule has 0 bridgehead atoms. The lowest BCUT2D eigenvalue weighted by Gasteiger charge is -2.24. The lowest BCUT2D eigenvalue weighted by molar-refractivity contribution is 0.237. The molecule has 0 heterocycles. The van der Waals surface area contributed by atoms with Crippen molar-refractivity contribution >= 4 is 17.3 Å². The second-order valence-electron chi connectivity index (χ2n) is 4.41. The fraction of sp³-hybridized carbons (Fsp3) is 0.538. The third-order valence-corrected chi connectivity index (χ3v) is 3.28. The zero-order valence-electron chi connectivity index (χ0n) is 10.3. The van der Waals surface area contributed by atoms with Crippen molar-refractivity contribution < 1.29 is 0 Å². The van der Waals surface area contributed by atoms with Crippen molar-refractivity contribution in [1.82, 2.24) is 4.90 Å². The molecule has 1 aromatic rings. The van der Waals surface area contributed by atoms with Crippen LogP contribution in [0.1, 0.15) is 32.3 Å². The van der Waals surface area contributed by atoms with Crippen LogP contribution in [-0.4, -0.2) is 18.0 Å². The Morgan fingerprint density at radius 1 is 1.44 bits per heavy atom. The van der Waals surface area contributed by atoms with Gasteiger partial charge in [0.1, 0.15) is 0 Å². The second kappa shape index (κ2) is 6.12. The molecule has 0 saturated carbocycles. The zero-order valence-corrected chi connectivity index (χ0v) is 11.1. The SMILES string of the molecule is CCCC(C)N(C)Cc1ccc(N)c(Cl)c1. The minimum Gasteiger partial charge on any atom is -0.398 e. The molecule has 0 spiro atoms. The first-order valence-electron chi connectivity index (χ1n) is 5.78. The van der Waals surface area contributed by atoms with Gasteiger partial charge in [0.2, 0.25) is 0 Å². The number of hydrogen-bond acceptors (Lipinski definition) is 2. The molecular weight excluding hydrogens is 220 g/mol. The standard InChI is InChI=1S/C13H21ClN2/c1-4-5-10(2)16(3)9-11-6-7-13(15)12(14)8-11/h6-8,10H,4-5,9,15H2,1-3H3. The van der Waals surface area contributed by atoms with Gasteiger partial charge in [-0.2, -0.15) is 0 Å². The summed E-state index contributed by atoms with van der Waals surface area (Å²) in [7, 11) is 2.14. The lowest BCUT2D eigenvalue weighted by Crippen LogP contribution is -2.28. The van der Waals surface area contributed by atoms with Crippen molar-refractivity contribution in [1.29, 1.82) is 0 Å². The van der Waals surface area contributed by atoms with Crippen LogP contribution in [0.5, 0.6) is 0 Å². The van der Waals surface area contributed by atoms with Gasteiger partial charge in [-0.15, -0.1) is 0 Å². The topological polar surface area (TPSA) is 29.3 Å². The number of nitrogen functional groups attached to an aromatic ring is 1. The largest absolute Gasteiger partial charge is 0.398 e. The average molecular weight is 241 g/mol. The van der Waals surface area contributed by atoms with Crippen molar-refractivity contribution in [3.05, 3.63) is 28.8 Å². The van der Waals surface area contributed by atoms with E-state index in [1.165, 1.54) is 18.4 Å². The predicted octanol–water partition coefficient (Wildman–Crippen LogP) is 3.54. The van der Waals surface area contributed by atoms with E-state index < -0.39 is 0 Å². The van der Waals surface area contributed by atoms with Crippen molar-refractivity contribution in [2.45, 2.75) is 39.3 Å². The lowest BCUT2D eigenvalue weighted by atomic mass is 10.1. The highest BCUT2D eigenvalue weighted by Crippen LogP contribution is 2.21. The van der Waals surface area contributed by atoms with Gasteiger partial charge in [-0.1, -0.05) is 31.0 Å². The third kappa shape index (κ3) is 3.69. The minimum absolute atomic E-state index is 0.598. The number of nitrogens with two attached hydrogens (primary N) is 1. The van der Waals surface area contributed by atoms with Crippen LogP contribution in [0.25, 0.3) is 0 Å². The fourth-order valence-corrected chi connectivity index (χ4v) is 1.95. The summed E-state index contributed by atoms with van der Waals surface area (Å²) >= 11 is 5.99. The summed E-state index contributed by atoms with van der Waals surface area (Å²) in [5.41, 5.74) is 7.54. The van der Waals surface area contributed by atoms with Gasteiger partial charge >= 0.3 is 0 Å². The molecule has 1 unspecified atom stereocenters. The second-order valence-corrected chi connectivity index (χ2v) is 4.82. The first-order chi connectivity index (χ1) is 7.54. The first-order valence-corrected chi connectivity index (χ1v) is 6.16. The fourth-order valence-electron chi connectivity index (χ4n) is 1.75. The Bertz CT molecular complexity index is 339. The van der Waals surface area contributed by atoms with Crippen molar-refractivity contribution in [3.8, 4) is 0 Å². The summed E-state index contributed by atoms with van der Waals surface area (Å²) in [6.07, 6.45) is 2.44. The number of nitrogens with zero attached hydrogens (tertiary/aromatic N) is 1. The Hall–Kier alpha value is -0.730. The van der Waals surface area contributed by atoms with Crippen LogP contribution in [0.4, 0.5) is 5.69 Å². The highest BCUT2D eigenvalue weighted by Gasteiger charge is 2.09. The monoisotopic (exact) mass is 240 g/mol. The number of anilines is 1. The number of rotatable bonds is 5. The summed E-state index contributed by atoms with van der Waals surface area (Å²) in [4.78, 5) is 2.34. The van der Waals surface area contributed by atoms with Crippen molar-refractivity contribution in [2.24, 2.45) is 0 Å². The summed E-state index contributed by atoms with van der Waals surface area (Å²) in [6.45, 7) is 5.38. The molecular formula is C13H21ClN2. The van der Waals surface area contributed by atoms with Gasteiger partial charge in [0, 0.05) is 12.6 Å². The Balaban J connectivity index is 2.62. The zero-order chi connectivity index (χ0) is 12.1. The minimum atomic E-state index is 0.598. The molecule has 0 saturated heterocycles. The van der Waals surface area contributed by atoms with Gasteiger partial charge in [0.05, 0.1) is 10.7 Å². The molecule has 1 atom stereocenters. The average Bonchev–Trinajstić information content (AvgIpc) is 2.24. The van der Waals surface area contributed by atoms with E-state index in [-0.39, 0.29) is 0 Å². The van der Waals surface area contributed by atoms with Gasteiger partial charge in [-0.05, 0) is 38.1 Å². The molecule has 0 fully saturated rings. The van der Waals surface area contributed by atoms with Crippen LogP contribution in [-0.2, 0) is 6.54 Å². The maximum Gasteiger partial charge on any atom is 0.0638 e. The van der Waals surface area contributed by atoms with E-state index in [0.717, 1.165) is 6.54 Å². The quantitative estimate of drug-likeness (QED) is 0.798. The van der Waals surface area contributed by atoms with E-state index in [4.69, 9.17) is 17.3 Å². The molecule has 0 aliphatic heterocycles. The number of hydrogen-bond donors (Lipinski definition) is 1. The molecule has 0 aromatic heterocycles. The molecule has 16 heavy (non-hydrogen) atoms. The Labute approximate surface area is 103 Å². The molecule has 90 valence electrons. The molecule has 2 N–H and O–H groups in total. The molecule has 0 radical (unpaired) electrons. The van der Waals surface area contributed by atoms with Crippen LogP contribution in [0.3, 0.4) is 0 Å². The Kier molecular flexibility index (Phi) is 5.10. The van der Waals surface area contributed by atoms with Crippen LogP contribution >= 0.6 is 11.6 Å². The van der Waals surface area contributed by atoms with Gasteiger partial charge in [-0.25, -0.2) is 0 Å². The summed E-state index contributed by atoms with van der Waals surface area (Å²) < 4.78 is 0. The van der Waals surface area contributed by atoms with E-state index >= 15 is 0 Å². The van der Waals surface area contributed by atoms with Crippen LogP contribution in [0.2, 0.25) is 5.02 Å². The van der Waals surface area contributed by atoms with Crippen LogP contribution < -0.4 is 5.73 Å². The normalized spacial score (nSPS) is 13.1. The van der Waals surface area contributed by atoms with Crippen molar-refractivity contribution in [2.75, 3.05) is 12.8 Å². The number of benzene rings is 1. The van der Waals surface area contributed by atoms with E-state index in [2.05, 4.69) is 25.8 Å². The van der Waals surface area contributed by atoms with Crippen LogP contribution in [0, 0.1) is 0 Å². The molecule has 3 heteroatoms. The Morgan fingerprint density at radius 3 is 2.69 bits per heavy atom. The molecule has 0 aliphatic rings. The van der Waals surface area contributed by atoms with Crippen LogP contribution in [0.15, 0.2) is 18.2 Å². The van der Waals surface area contributed by atoms with Crippen molar-refractivity contribution in [3.63, 3.8) is 0 Å². The summed E-state index contributed by atoms with van der Waals surface area (Å²) in [5, 5.41) is 0.647. The van der Waals surface area contributed by atoms with Gasteiger partial charge in [-0.3, -0.25) is 4.90 Å². The summed E-state index contributed by atoms with van der Waals surface area (Å²) in [5.74, 6) is 0. The third-order valence-electron chi connectivity index (χ3n) is 2.96.